The number of carbonyl (C=O) groups excluding carboxylic acids is 1. The van der Waals surface area contributed by atoms with E-state index in [1.807, 2.05) is 36.4 Å². The largest absolute Gasteiger partial charge is 0.325 e. The van der Waals surface area contributed by atoms with E-state index in [-0.39, 0.29) is 5.91 Å². The number of halogens is 1. The van der Waals surface area contributed by atoms with Crippen molar-refractivity contribution in [1.29, 1.82) is 5.26 Å². The van der Waals surface area contributed by atoms with Gasteiger partial charge in [-0.1, -0.05) is 41.9 Å². The molecule has 0 aliphatic carbocycles. The van der Waals surface area contributed by atoms with Crippen LogP contribution in [0.5, 0.6) is 0 Å². The van der Waals surface area contributed by atoms with E-state index >= 15 is 0 Å². The predicted molar refractivity (Wildman–Crippen MR) is 87.4 cm³/mol. The zero-order valence-corrected chi connectivity index (χ0v) is 12.7. The molecule has 3 nitrogen and oxygen atoms in total. The first-order valence-electron chi connectivity index (χ1n) is 6.30. The number of hydrogen-bond acceptors (Lipinski definition) is 3. The molecule has 2 aromatic rings. The lowest BCUT2D eigenvalue weighted by atomic mass is 10.2. The molecule has 0 radical (unpaired) electrons. The Balaban J connectivity index is 1.82. The molecule has 0 atom stereocenters. The average molecular weight is 317 g/mol. The van der Waals surface area contributed by atoms with E-state index in [0.717, 1.165) is 5.75 Å². The zero-order chi connectivity index (χ0) is 15.1. The van der Waals surface area contributed by atoms with Crippen LogP contribution in [0.1, 0.15) is 11.1 Å². The first kappa shape index (κ1) is 15.4. The Labute approximate surface area is 132 Å². The van der Waals surface area contributed by atoms with Gasteiger partial charge in [0.2, 0.25) is 5.91 Å². The molecule has 1 N–H and O–H groups in total. The molecular formula is C16H13ClN2OS. The Morgan fingerprint density at radius 3 is 2.67 bits per heavy atom. The standard InChI is InChI=1S/C16H13ClN2OS/c17-15-8-14(7-6-13(15)9-18)19-16(20)11-21-10-12-4-2-1-3-5-12/h1-8H,10-11H2,(H,19,20). The Hall–Kier alpha value is -1.96. The van der Waals surface area contributed by atoms with E-state index < -0.39 is 0 Å². The van der Waals surface area contributed by atoms with Crippen LogP contribution < -0.4 is 5.32 Å². The second-order valence-electron chi connectivity index (χ2n) is 4.33. The van der Waals surface area contributed by atoms with Crippen LogP contribution in [0.3, 0.4) is 0 Å². The molecule has 1 amide bonds. The van der Waals surface area contributed by atoms with E-state index in [9.17, 15) is 4.79 Å². The number of nitrogens with zero attached hydrogens (tertiary/aromatic N) is 1. The summed E-state index contributed by atoms with van der Waals surface area (Å²) in [5.74, 6) is 1.08. The second kappa shape index (κ2) is 7.72. The van der Waals surface area contributed by atoms with Gasteiger partial charge in [-0.3, -0.25) is 4.79 Å². The van der Waals surface area contributed by atoms with Gasteiger partial charge in [0.25, 0.3) is 0 Å². The van der Waals surface area contributed by atoms with Crippen LogP contribution in [0.2, 0.25) is 5.02 Å². The molecule has 0 heterocycles. The number of amides is 1. The number of nitriles is 1. The highest BCUT2D eigenvalue weighted by molar-refractivity contribution is 7.99. The van der Waals surface area contributed by atoms with Crippen molar-refractivity contribution in [3.63, 3.8) is 0 Å². The summed E-state index contributed by atoms with van der Waals surface area (Å²) in [5.41, 5.74) is 2.19. The van der Waals surface area contributed by atoms with Gasteiger partial charge >= 0.3 is 0 Å². The molecule has 0 fully saturated rings. The average Bonchev–Trinajstić information content (AvgIpc) is 2.48. The van der Waals surface area contributed by atoms with Crippen LogP contribution in [0.25, 0.3) is 0 Å². The lowest BCUT2D eigenvalue weighted by molar-refractivity contribution is -0.113. The highest BCUT2D eigenvalue weighted by Crippen LogP contribution is 2.20. The Morgan fingerprint density at radius 2 is 2.00 bits per heavy atom. The maximum Gasteiger partial charge on any atom is 0.234 e. The molecule has 0 saturated carbocycles. The van der Waals surface area contributed by atoms with E-state index in [0.29, 0.717) is 22.0 Å². The van der Waals surface area contributed by atoms with Crippen LogP contribution in [0.4, 0.5) is 5.69 Å². The molecule has 0 aliphatic heterocycles. The fourth-order valence-electron chi connectivity index (χ4n) is 1.72. The summed E-state index contributed by atoms with van der Waals surface area (Å²) in [5, 5.41) is 11.9. The van der Waals surface area contributed by atoms with E-state index in [1.165, 1.54) is 5.56 Å². The van der Waals surface area contributed by atoms with Crippen molar-refractivity contribution < 1.29 is 4.79 Å². The molecule has 0 aliphatic rings. The molecular weight excluding hydrogens is 304 g/mol. The number of hydrogen-bond donors (Lipinski definition) is 1. The third kappa shape index (κ3) is 4.82. The van der Waals surface area contributed by atoms with Gasteiger partial charge in [-0.05, 0) is 23.8 Å². The van der Waals surface area contributed by atoms with E-state index in [4.69, 9.17) is 16.9 Å². The topological polar surface area (TPSA) is 52.9 Å². The van der Waals surface area contributed by atoms with Gasteiger partial charge in [-0.2, -0.15) is 5.26 Å². The molecule has 0 unspecified atom stereocenters. The third-order valence-electron chi connectivity index (χ3n) is 2.72. The molecule has 0 aromatic heterocycles. The number of nitrogens with one attached hydrogen (secondary N) is 1. The summed E-state index contributed by atoms with van der Waals surface area (Å²) in [7, 11) is 0. The van der Waals surface area contributed by atoms with Gasteiger partial charge in [-0.25, -0.2) is 0 Å². The smallest absolute Gasteiger partial charge is 0.234 e. The van der Waals surface area contributed by atoms with E-state index in [2.05, 4.69) is 5.32 Å². The van der Waals surface area contributed by atoms with Gasteiger partial charge in [0.05, 0.1) is 16.3 Å². The van der Waals surface area contributed by atoms with Crippen molar-refractivity contribution >= 4 is 35.0 Å². The number of thioether (sulfide) groups is 1. The zero-order valence-electron chi connectivity index (χ0n) is 11.2. The van der Waals surface area contributed by atoms with Crippen molar-refractivity contribution in [2.75, 3.05) is 11.1 Å². The lowest BCUT2D eigenvalue weighted by Gasteiger charge is -2.06. The summed E-state index contributed by atoms with van der Waals surface area (Å²) < 4.78 is 0. The lowest BCUT2D eigenvalue weighted by Crippen LogP contribution is -2.14. The minimum atomic E-state index is -0.0864. The van der Waals surface area contributed by atoms with Crippen LogP contribution >= 0.6 is 23.4 Å². The number of anilines is 1. The Morgan fingerprint density at radius 1 is 1.24 bits per heavy atom. The normalized spacial score (nSPS) is 9.90. The minimum absolute atomic E-state index is 0.0864. The van der Waals surface area contributed by atoms with E-state index in [1.54, 1.807) is 30.0 Å². The van der Waals surface area contributed by atoms with Crippen molar-refractivity contribution in [2.45, 2.75) is 5.75 Å². The molecule has 2 rings (SSSR count). The summed E-state index contributed by atoms with van der Waals surface area (Å²) in [4.78, 5) is 11.8. The fraction of sp³-hybridized carbons (Fsp3) is 0.125. The van der Waals surface area contributed by atoms with Crippen LogP contribution in [-0.2, 0) is 10.5 Å². The van der Waals surface area contributed by atoms with Crippen LogP contribution in [0, 0.1) is 11.3 Å². The molecule has 21 heavy (non-hydrogen) atoms. The van der Waals surface area contributed by atoms with Crippen molar-refractivity contribution in [3.8, 4) is 6.07 Å². The molecule has 0 saturated heterocycles. The predicted octanol–water partition coefficient (Wildman–Crippen LogP) is 4.08. The maximum absolute atomic E-state index is 11.8. The summed E-state index contributed by atoms with van der Waals surface area (Å²) in [6.45, 7) is 0. The SMILES string of the molecule is N#Cc1ccc(NC(=O)CSCc2ccccc2)cc1Cl. The summed E-state index contributed by atoms with van der Waals surface area (Å²) in [6.07, 6.45) is 0. The monoisotopic (exact) mass is 316 g/mol. The number of benzene rings is 2. The van der Waals surface area contributed by atoms with Gasteiger partial charge in [-0.15, -0.1) is 11.8 Å². The minimum Gasteiger partial charge on any atom is -0.325 e. The quantitative estimate of drug-likeness (QED) is 0.904. The second-order valence-corrected chi connectivity index (χ2v) is 5.73. The highest BCUT2D eigenvalue weighted by atomic mass is 35.5. The van der Waals surface area contributed by atoms with Crippen LogP contribution in [-0.4, -0.2) is 11.7 Å². The van der Waals surface area contributed by atoms with Crippen molar-refractivity contribution in [1.82, 2.24) is 0 Å². The van der Waals surface area contributed by atoms with Crippen molar-refractivity contribution in [3.05, 3.63) is 64.7 Å². The van der Waals surface area contributed by atoms with Gasteiger partial charge < -0.3 is 5.32 Å². The molecule has 5 heteroatoms. The third-order valence-corrected chi connectivity index (χ3v) is 4.03. The first-order valence-corrected chi connectivity index (χ1v) is 7.83. The summed E-state index contributed by atoms with van der Waals surface area (Å²) >= 11 is 7.47. The molecule has 106 valence electrons. The van der Waals surface area contributed by atoms with Gasteiger partial charge in [0.15, 0.2) is 0 Å². The molecule has 0 spiro atoms. The fourth-order valence-corrected chi connectivity index (χ4v) is 2.73. The summed E-state index contributed by atoms with van der Waals surface area (Å²) in [6, 6.07) is 16.8. The number of carbonyl (C=O) groups is 1. The number of rotatable bonds is 5. The first-order chi connectivity index (χ1) is 10.2. The van der Waals surface area contributed by atoms with Crippen LogP contribution in [0.15, 0.2) is 48.5 Å². The molecule has 0 bridgehead atoms. The van der Waals surface area contributed by atoms with Gasteiger partial charge in [0, 0.05) is 11.4 Å². The van der Waals surface area contributed by atoms with Crippen molar-refractivity contribution in [2.24, 2.45) is 0 Å². The molecule has 2 aromatic carbocycles. The van der Waals surface area contributed by atoms with Gasteiger partial charge in [0.1, 0.15) is 6.07 Å². The Kier molecular flexibility index (Phi) is 5.68. The highest BCUT2D eigenvalue weighted by Gasteiger charge is 2.05. The Bertz CT molecular complexity index is 668. The maximum atomic E-state index is 11.8.